The fraction of sp³-hybridized carbons (Fsp3) is 0.333. The second-order valence-corrected chi connectivity index (χ2v) is 9.32. The first-order chi connectivity index (χ1) is 18.3. The third kappa shape index (κ3) is 6.88. The smallest absolute Gasteiger partial charge is 0.326 e. The molecule has 3 atom stereocenters. The quantitative estimate of drug-likeness (QED) is 0.193. The predicted octanol–water partition coefficient (Wildman–Crippen LogP) is 0.581. The summed E-state index contributed by atoms with van der Waals surface area (Å²) < 4.78 is 0. The standard InChI is InChI=1S/C27H31N5O6/c33-18-9-7-16(8-10-18)12-23(27(37)38)31-24(34)15-30-25(35)22(32-26(36)21-6-3-11-28-21)13-17-14-29-20-5-2-1-4-19(17)20/h1-2,4-5,7-10,14,21-23,28-29,33H,3,6,11-13,15H2,(H,30,35)(H,31,34)(H,32,36)(H,37,38). The highest BCUT2D eigenvalue weighted by Crippen LogP contribution is 2.19. The van der Waals surface area contributed by atoms with E-state index in [4.69, 9.17) is 0 Å². The lowest BCUT2D eigenvalue weighted by atomic mass is 10.0. The SMILES string of the molecule is O=C(CNC(=O)C(Cc1c[nH]c2ccccc12)NC(=O)C1CCCN1)NC(Cc1ccc(O)cc1)C(=O)O. The number of phenols is 1. The van der Waals surface area contributed by atoms with Crippen molar-refractivity contribution >= 4 is 34.6 Å². The Bertz CT molecular complexity index is 1300. The number of carbonyl (C=O) groups is 4. The molecule has 4 rings (SSSR count). The van der Waals surface area contributed by atoms with Gasteiger partial charge in [0.15, 0.2) is 0 Å². The van der Waals surface area contributed by atoms with Crippen LogP contribution in [-0.2, 0) is 32.0 Å². The minimum atomic E-state index is -1.23. The molecule has 1 fully saturated rings. The molecule has 2 aromatic carbocycles. The lowest BCUT2D eigenvalue weighted by Crippen LogP contribution is -2.54. The highest BCUT2D eigenvalue weighted by molar-refractivity contribution is 5.93. The average molecular weight is 522 g/mol. The van der Waals surface area contributed by atoms with Gasteiger partial charge >= 0.3 is 5.97 Å². The summed E-state index contributed by atoms with van der Waals surface area (Å²) in [5, 5.41) is 30.7. The van der Waals surface area contributed by atoms with E-state index in [-0.39, 0.29) is 30.5 Å². The molecule has 7 N–H and O–H groups in total. The summed E-state index contributed by atoms with van der Waals surface area (Å²) in [7, 11) is 0. The van der Waals surface area contributed by atoms with Gasteiger partial charge < -0.3 is 36.5 Å². The maximum Gasteiger partial charge on any atom is 0.326 e. The number of amides is 3. The number of hydrogen-bond donors (Lipinski definition) is 7. The number of para-hydroxylation sites is 1. The number of hydrogen-bond acceptors (Lipinski definition) is 6. The number of fused-ring (bicyclic) bond motifs is 1. The maximum atomic E-state index is 13.1. The number of nitrogens with one attached hydrogen (secondary N) is 5. The minimum Gasteiger partial charge on any atom is -0.508 e. The molecule has 0 aliphatic carbocycles. The first-order valence-corrected chi connectivity index (χ1v) is 12.5. The Morgan fingerprint density at radius 2 is 1.74 bits per heavy atom. The fourth-order valence-corrected chi connectivity index (χ4v) is 4.51. The van der Waals surface area contributed by atoms with Crippen molar-refractivity contribution in [2.24, 2.45) is 0 Å². The Morgan fingerprint density at radius 3 is 2.45 bits per heavy atom. The van der Waals surface area contributed by atoms with E-state index in [2.05, 4.69) is 26.3 Å². The fourth-order valence-electron chi connectivity index (χ4n) is 4.51. The number of benzene rings is 2. The molecule has 11 nitrogen and oxygen atoms in total. The number of phenolic OH excluding ortho intramolecular Hbond substituents is 1. The van der Waals surface area contributed by atoms with Crippen LogP contribution in [0, 0.1) is 0 Å². The maximum absolute atomic E-state index is 13.1. The number of carboxylic acids is 1. The van der Waals surface area contributed by atoms with Crippen molar-refractivity contribution in [3.63, 3.8) is 0 Å². The van der Waals surface area contributed by atoms with Crippen LogP contribution < -0.4 is 21.3 Å². The van der Waals surface area contributed by atoms with Gasteiger partial charge in [0.1, 0.15) is 17.8 Å². The van der Waals surface area contributed by atoms with Crippen molar-refractivity contribution in [3.05, 3.63) is 65.9 Å². The van der Waals surface area contributed by atoms with Crippen molar-refractivity contribution < 1.29 is 29.4 Å². The van der Waals surface area contributed by atoms with Crippen LogP contribution in [-0.4, -0.2) is 70.1 Å². The van der Waals surface area contributed by atoms with Gasteiger partial charge in [0.25, 0.3) is 0 Å². The summed E-state index contributed by atoms with van der Waals surface area (Å²) in [5.41, 5.74) is 2.35. The van der Waals surface area contributed by atoms with Crippen LogP contribution in [0.1, 0.15) is 24.0 Å². The number of rotatable bonds is 11. The Kier molecular flexibility index (Phi) is 8.59. The van der Waals surface area contributed by atoms with Crippen LogP contribution in [0.3, 0.4) is 0 Å². The van der Waals surface area contributed by atoms with E-state index in [1.54, 1.807) is 18.3 Å². The number of aromatic nitrogens is 1. The Balaban J connectivity index is 1.39. The third-order valence-electron chi connectivity index (χ3n) is 6.54. The molecule has 3 unspecified atom stereocenters. The second-order valence-electron chi connectivity index (χ2n) is 9.32. The van der Waals surface area contributed by atoms with Crippen molar-refractivity contribution in [1.29, 1.82) is 0 Å². The number of H-pyrrole nitrogens is 1. The van der Waals surface area contributed by atoms with Crippen LogP contribution in [0.4, 0.5) is 0 Å². The minimum absolute atomic E-state index is 0.00291. The van der Waals surface area contributed by atoms with Crippen LogP contribution in [0.2, 0.25) is 0 Å². The molecule has 0 saturated carbocycles. The lowest BCUT2D eigenvalue weighted by Gasteiger charge is -2.21. The predicted molar refractivity (Wildman–Crippen MR) is 139 cm³/mol. The van der Waals surface area contributed by atoms with E-state index in [0.717, 1.165) is 29.4 Å². The first kappa shape index (κ1) is 26.7. The molecule has 1 saturated heterocycles. The average Bonchev–Trinajstić information content (AvgIpc) is 3.58. The highest BCUT2D eigenvalue weighted by Gasteiger charge is 2.29. The van der Waals surface area contributed by atoms with Gasteiger partial charge in [-0.15, -0.1) is 0 Å². The molecule has 11 heteroatoms. The van der Waals surface area contributed by atoms with Gasteiger partial charge in [-0.2, -0.15) is 0 Å². The van der Waals surface area contributed by atoms with Gasteiger partial charge in [-0.25, -0.2) is 4.79 Å². The molecule has 1 aliphatic heterocycles. The van der Waals surface area contributed by atoms with Crippen molar-refractivity contribution in [2.75, 3.05) is 13.1 Å². The molecule has 1 aromatic heterocycles. The van der Waals surface area contributed by atoms with Crippen LogP contribution in [0.5, 0.6) is 5.75 Å². The molecule has 38 heavy (non-hydrogen) atoms. The summed E-state index contributed by atoms with van der Waals surface area (Å²) in [6.45, 7) is 0.270. The summed E-state index contributed by atoms with van der Waals surface area (Å²) in [4.78, 5) is 53.3. The third-order valence-corrected chi connectivity index (χ3v) is 6.54. The zero-order chi connectivity index (χ0) is 27.1. The number of aromatic hydroxyl groups is 1. The Hall–Kier alpha value is -4.38. The van der Waals surface area contributed by atoms with E-state index in [9.17, 15) is 29.4 Å². The number of aromatic amines is 1. The molecular weight excluding hydrogens is 490 g/mol. The van der Waals surface area contributed by atoms with Gasteiger partial charge in [-0.1, -0.05) is 30.3 Å². The molecule has 200 valence electrons. The van der Waals surface area contributed by atoms with E-state index in [1.807, 2.05) is 24.3 Å². The molecule has 2 heterocycles. The second kappa shape index (κ2) is 12.2. The molecule has 3 aromatic rings. The van der Waals surface area contributed by atoms with E-state index >= 15 is 0 Å². The highest BCUT2D eigenvalue weighted by atomic mass is 16.4. The van der Waals surface area contributed by atoms with E-state index < -0.39 is 36.4 Å². The van der Waals surface area contributed by atoms with E-state index in [1.165, 1.54) is 12.1 Å². The van der Waals surface area contributed by atoms with Crippen LogP contribution in [0.25, 0.3) is 10.9 Å². The van der Waals surface area contributed by atoms with Crippen molar-refractivity contribution in [2.45, 2.75) is 43.8 Å². The number of aliphatic carboxylic acids is 1. The van der Waals surface area contributed by atoms with E-state index in [0.29, 0.717) is 12.0 Å². The zero-order valence-corrected chi connectivity index (χ0v) is 20.7. The number of carbonyl (C=O) groups excluding carboxylic acids is 3. The van der Waals surface area contributed by atoms with Gasteiger partial charge in [-0.3, -0.25) is 14.4 Å². The van der Waals surface area contributed by atoms with Gasteiger partial charge in [0.05, 0.1) is 12.6 Å². The normalized spacial score (nSPS) is 16.5. The summed E-state index contributed by atoms with van der Waals surface area (Å²) >= 11 is 0. The van der Waals surface area contributed by atoms with Gasteiger partial charge in [0, 0.05) is 29.9 Å². The topological polar surface area (TPSA) is 173 Å². The number of carboxylic acid groups (broad SMARTS) is 1. The summed E-state index contributed by atoms with van der Waals surface area (Å²) in [6.07, 6.45) is 3.54. The van der Waals surface area contributed by atoms with Gasteiger partial charge in [-0.05, 0) is 48.7 Å². The largest absolute Gasteiger partial charge is 0.508 e. The molecule has 0 radical (unpaired) electrons. The molecule has 3 amide bonds. The molecular formula is C27H31N5O6. The van der Waals surface area contributed by atoms with Crippen LogP contribution >= 0.6 is 0 Å². The van der Waals surface area contributed by atoms with Crippen LogP contribution in [0.15, 0.2) is 54.7 Å². The van der Waals surface area contributed by atoms with Crippen molar-refractivity contribution in [1.82, 2.24) is 26.3 Å². The Morgan fingerprint density at radius 1 is 0.974 bits per heavy atom. The summed E-state index contributed by atoms with van der Waals surface area (Å²) in [6, 6.07) is 11.1. The zero-order valence-electron chi connectivity index (χ0n) is 20.7. The van der Waals surface area contributed by atoms with Crippen molar-refractivity contribution in [3.8, 4) is 5.75 Å². The monoisotopic (exact) mass is 521 g/mol. The Labute approximate surface area is 219 Å². The van der Waals surface area contributed by atoms with Gasteiger partial charge in [0.2, 0.25) is 17.7 Å². The first-order valence-electron chi connectivity index (χ1n) is 12.5. The summed E-state index contributed by atoms with van der Waals surface area (Å²) in [5.74, 6) is -2.70. The molecule has 0 spiro atoms. The molecule has 1 aliphatic rings. The lowest BCUT2D eigenvalue weighted by molar-refractivity contribution is -0.141. The molecule has 0 bridgehead atoms.